The van der Waals surface area contributed by atoms with Crippen molar-refractivity contribution in [2.75, 3.05) is 19.7 Å². The summed E-state index contributed by atoms with van der Waals surface area (Å²) in [6.45, 7) is 11.0. The zero-order chi connectivity index (χ0) is 29.0. The second-order valence-corrected chi connectivity index (χ2v) is 13.2. The molecule has 0 atom stereocenters. The van der Waals surface area contributed by atoms with E-state index in [9.17, 15) is 4.79 Å². The number of aromatic nitrogens is 3. The van der Waals surface area contributed by atoms with Crippen molar-refractivity contribution in [2.45, 2.75) is 78.4 Å². The minimum atomic E-state index is -0.455. The maximum atomic E-state index is 12.3. The predicted octanol–water partition coefficient (Wildman–Crippen LogP) is 7.71. The Kier molecular flexibility index (Phi) is 9.07. The summed E-state index contributed by atoms with van der Waals surface area (Å²) in [5.41, 5.74) is 4.63. The third-order valence-electron chi connectivity index (χ3n) is 7.86. The van der Waals surface area contributed by atoms with Crippen LogP contribution in [0.15, 0.2) is 48.0 Å². The quantitative estimate of drug-likeness (QED) is 0.194. The van der Waals surface area contributed by atoms with Crippen LogP contribution in [0, 0.1) is 5.92 Å². The minimum Gasteiger partial charge on any atom is -0.493 e. The number of piperidine rings is 1. The summed E-state index contributed by atoms with van der Waals surface area (Å²) in [6.07, 6.45) is 7.94. The fourth-order valence-electron chi connectivity index (χ4n) is 5.60. The first-order chi connectivity index (χ1) is 19.7. The van der Waals surface area contributed by atoms with Gasteiger partial charge in [-0.15, -0.1) is 11.3 Å². The molecule has 1 aliphatic heterocycles. The van der Waals surface area contributed by atoms with Crippen molar-refractivity contribution in [1.29, 1.82) is 0 Å². The third-order valence-corrected chi connectivity index (χ3v) is 8.71. The first kappa shape index (κ1) is 29.2. The Morgan fingerprint density at radius 3 is 2.54 bits per heavy atom. The molecular weight excluding hydrogens is 532 g/mol. The summed E-state index contributed by atoms with van der Waals surface area (Å²) in [5, 5.41) is 2.15. The largest absolute Gasteiger partial charge is 0.493 e. The standard InChI is InChI=1S/C33H44N4O3S/c1-6-8-26-22-34-31(29-21-30-28(35(29)5)16-20-41-30)37(26)17-7-9-24-10-12-27(13-11-24)39-23-25-14-18-36(19-15-25)32(38)40-33(2,3)4/h10-13,16,20-22,25H,6-9,14-15,17-19,23H2,1-5H3. The highest BCUT2D eigenvalue weighted by atomic mass is 32.1. The van der Waals surface area contributed by atoms with E-state index < -0.39 is 5.60 Å². The molecule has 0 N–H and O–H groups in total. The molecule has 1 aliphatic rings. The Bertz CT molecular complexity index is 1440. The van der Waals surface area contributed by atoms with E-state index in [0.29, 0.717) is 12.5 Å². The Morgan fingerprint density at radius 2 is 1.85 bits per heavy atom. The lowest BCUT2D eigenvalue weighted by atomic mass is 9.98. The lowest BCUT2D eigenvalue weighted by Gasteiger charge is -2.33. The van der Waals surface area contributed by atoms with E-state index in [1.54, 1.807) is 11.3 Å². The van der Waals surface area contributed by atoms with Crippen molar-refractivity contribution < 1.29 is 14.3 Å². The fourth-order valence-corrected chi connectivity index (χ4v) is 6.45. The molecule has 5 rings (SSSR count). The number of benzene rings is 1. The van der Waals surface area contributed by atoms with Gasteiger partial charge in [-0.3, -0.25) is 0 Å². The van der Waals surface area contributed by atoms with Crippen LogP contribution >= 0.6 is 11.3 Å². The van der Waals surface area contributed by atoms with Crippen molar-refractivity contribution in [3.05, 3.63) is 59.2 Å². The van der Waals surface area contributed by atoms with Gasteiger partial charge in [0, 0.05) is 38.6 Å². The number of amides is 1. The van der Waals surface area contributed by atoms with Gasteiger partial charge < -0.3 is 23.5 Å². The van der Waals surface area contributed by atoms with Gasteiger partial charge in [0.1, 0.15) is 11.4 Å². The topological polar surface area (TPSA) is 61.5 Å². The first-order valence-corrected chi connectivity index (χ1v) is 15.9. The van der Waals surface area contributed by atoms with Gasteiger partial charge in [-0.1, -0.05) is 25.5 Å². The zero-order valence-electron chi connectivity index (χ0n) is 25.2. The van der Waals surface area contributed by atoms with Crippen LogP contribution in [0.25, 0.3) is 21.7 Å². The van der Waals surface area contributed by atoms with E-state index in [2.05, 4.69) is 71.1 Å². The molecule has 41 heavy (non-hydrogen) atoms. The Balaban J connectivity index is 1.11. The van der Waals surface area contributed by atoms with E-state index in [1.165, 1.54) is 27.2 Å². The third kappa shape index (κ3) is 7.15. The number of aryl methyl sites for hydroxylation is 3. The number of nitrogens with zero attached hydrogens (tertiary/aromatic N) is 4. The molecule has 0 bridgehead atoms. The molecule has 1 fully saturated rings. The van der Waals surface area contributed by atoms with Crippen LogP contribution in [-0.2, 0) is 31.2 Å². The highest BCUT2D eigenvalue weighted by Crippen LogP contribution is 2.31. The SMILES string of the molecule is CCCc1cnc(-c2cc3sccc3n2C)n1CCCc1ccc(OCC2CCN(C(=O)OC(C)(C)C)CC2)cc1. The van der Waals surface area contributed by atoms with Crippen LogP contribution in [0.2, 0.25) is 0 Å². The number of imidazole rings is 1. The molecular formula is C33H44N4O3S. The molecule has 0 radical (unpaired) electrons. The summed E-state index contributed by atoms with van der Waals surface area (Å²) in [7, 11) is 2.14. The lowest BCUT2D eigenvalue weighted by Crippen LogP contribution is -2.42. The van der Waals surface area contributed by atoms with E-state index >= 15 is 0 Å². The highest BCUT2D eigenvalue weighted by molar-refractivity contribution is 7.17. The van der Waals surface area contributed by atoms with Crippen molar-refractivity contribution in [1.82, 2.24) is 19.0 Å². The number of rotatable bonds is 10. The molecule has 1 aromatic carbocycles. The second-order valence-electron chi connectivity index (χ2n) is 12.2. The van der Waals surface area contributed by atoms with Crippen LogP contribution in [0.1, 0.15) is 64.6 Å². The number of ether oxygens (including phenoxy) is 2. The summed E-state index contributed by atoms with van der Waals surface area (Å²) >= 11 is 1.78. The number of likely N-dealkylation sites (tertiary alicyclic amines) is 1. The van der Waals surface area contributed by atoms with Gasteiger partial charge in [-0.2, -0.15) is 0 Å². The molecule has 4 heterocycles. The van der Waals surface area contributed by atoms with Crippen LogP contribution in [-0.4, -0.2) is 50.4 Å². The van der Waals surface area contributed by atoms with Gasteiger partial charge in [-0.05, 0) is 94.0 Å². The van der Waals surface area contributed by atoms with Crippen LogP contribution in [0.5, 0.6) is 5.75 Å². The molecule has 0 spiro atoms. The van der Waals surface area contributed by atoms with Crippen molar-refractivity contribution in [3.8, 4) is 17.3 Å². The van der Waals surface area contributed by atoms with Crippen LogP contribution in [0.4, 0.5) is 4.79 Å². The summed E-state index contributed by atoms with van der Waals surface area (Å²) < 4.78 is 17.6. The van der Waals surface area contributed by atoms with Gasteiger partial charge in [0.15, 0.2) is 5.82 Å². The number of fused-ring (bicyclic) bond motifs is 1. The fraction of sp³-hybridized carbons (Fsp3) is 0.515. The Hall–Kier alpha value is -3.26. The average Bonchev–Trinajstić information content (AvgIpc) is 3.64. The molecule has 220 valence electrons. The number of hydrogen-bond acceptors (Lipinski definition) is 5. The second kappa shape index (κ2) is 12.7. The smallest absolute Gasteiger partial charge is 0.410 e. The molecule has 8 heteroatoms. The Morgan fingerprint density at radius 1 is 1.10 bits per heavy atom. The van der Waals surface area contributed by atoms with Crippen LogP contribution in [0.3, 0.4) is 0 Å². The van der Waals surface area contributed by atoms with E-state index in [1.807, 2.05) is 25.7 Å². The monoisotopic (exact) mass is 576 g/mol. The van der Waals surface area contributed by atoms with E-state index in [4.69, 9.17) is 14.5 Å². The maximum Gasteiger partial charge on any atom is 0.410 e. The van der Waals surface area contributed by atoms with Gasteiger partial charge in [-0.25, -0.2) is 9.78 Å². The molecule has 0 saturated carbocycles. The van der Waals surface area contributed by atoms with Crippen molar-refractivity contribution in [2.24, 2.45) is 13.0 Å². The number of carbonyl (C=O) groups excluding carboxylic acids is 1. The van der Waals surface area contributed by atoms with Gasteiger partial charge in [0.2, 0.25) is 0 Å². The Labute approximate surface area is 248 Å². The summed E-state index contributed by atoms with van der Waals surface area (Å²) in [5.74, 6) is 2.43. The van der Waals surface area contributed by atoms with Crippen molar-refractivity contribution >= 4 is 27.6 Å². The average molecular weight is 577 g/mol. The number of hydrogen-bond donors (Lipinski definition) is 0. The maximum absolute atomic E-state index is 12.3. The molecule has 1 amide bonds. The normalized spacial score (nSPS) is 14.6. The van der Waals surface area contributed by atoms with Gasteiger partial charge >= 0.3 is 6.09 Å². The lowest BCUT2D eigenvalue weighted by molar-refractivity contribution is 0.0165. The van der Waals surface area contributed by atoms with E-state index in [0.717, 1.165) is 69.7 Å². The van der Waals surface area contributed by atoms with Crippen molar-refractivity contribution in [3.63, 3.8) is 0 Å². The molecule has 1 saturated heterocycles. The number of carbonyl (C=O) groups is 1. The zero-order valence-corrected chi connectivity index (χ0v) is 26.0. The molecule has 0 aliphatic carbocycles. The minimum absolute atomic E-state index is 0.210. The molecule has 0 unspecified atom stereocenters. The van der Waals surface area contributed by atoms with Gasteiger partial charge in [0.05, 0.1) is 22.5 Å². The number of thiophene rings is 1. The molecule has 4 aromatic rings. The van der Waals surface area contributed by atoms with Gasteiger partial charge in [0.25, 0.3) is 0 Å². The predicted molar refractivity (Wildman–Crippen MR) is 167 cm³/mol. The summed E-state index contributed by atoms with van der Waals surface area (Å²) in [4.78, 5) is 19.0. The van der Waals surface area contributed by atoms with E-state index in [-0.39, 0.29) is 6.09 Å². The molecule has 3 aromatic heterocycles. The summed E-state index contributed by atoms with van der Waals surface area (Å²) in [6, 6.07) is 13.0. The molecule has 7 nitrogen and oxygen atoms in total. The highest BCUT2D eigenvalue weighted by Gasteiger charge is 2.27. The van der Waals surface area contributed by atoms with Crippen LogP contribution < -0.4 is 4.74 Å². The first-order valence-electron chi connectivity index (χ1n) is 15.0.